The number of carboxylic acid groups (broad SMARTS) is 1. The Kier molecular flexibility index (Phi) is 2.49. The largest absolute Gasteiger partial charge is 0.486 e. The molecule has 0 unspecified atom stereocenters. The maximum absolute atomic E-state index is 10.6. The fourth-order valence-electron chi connectivity index (χ4n) is 1.59. The van der Waals surface area contributed by atoms with Crippen molar-refractivity contribution < 1.29 is 19.4 Å². The molecule has 4 heteroatoms. The topological polar surface area (TPSA) is 55.8 Å². The van der Waals surface area contributed by atoms with Crippen molar-refractivity contribution in [3.63, 3.8) is 0 Å². The number of carboxylic acids is 1. The molecule has 0 bridgehead atoms. The van der Waals surface area contributed by atoms with Crippen molar-refractivity contribution >= 4 is 5.97 Å². The molecule has 0 saturated carbocycles. The highest BCUT2D eigenvalue weighted by Crippen LogP contribution is 2.33. The summed E-state index contributed by atoms with van der Waals surface area (Å²) >= 11 is 0. The molecule has 0 amide bonds. The standard InChI is InChI=1S/C11H12O4/c1-7-4-9-10(15-3-2-14-9)5-8(7)6-11(12)13/h4-5H,2-3,6H2,1H3,(H,12,13). The van der Waals surface area contributed by atoms with Crippen LogP contribution in [0.25, 0.3) is 0 Å². The average molecular weight is 208 g/mol. The third kappa shape index (κ3) is 2.03. The van der Waals surface area contributed by atoms with Crippen LogP contribution in [0.4, 0.5) is 0 Å². The Morgan fingerprint density at radius 3 is 2.53 bits per heavy atom. The van der Waals surface area contributed by atoms with E-state index in [0.717, 1.165) is 11.1 Å². The van der Waals surface area contributed by atoms with E-state index in [0.29, 0.717) is 24.7 Å². The lowest BCUT2D eigenvalue weighted by Crippen LogP contribution is -2.16. The zero-order chi connectivity index (χ0) is 10.8. The summed E-state index contributed by atoms with van der Waals surface area (Å²) in [7, 11) is 0. The number of benzene rings is 1. The van der Waals surface area contributed by atoms with Gasteiger partial charge in [-0.3, -0.25) is 4.79 Å². The van der Waals surface area contributed by atoms with Crippen LogP contribution in [-0.4, -0.2) is 24.3 Å². The molecule has 0 saturated heterocycles. The molecule has 1 heterocycles. The van der Waals surface area contributed by atoms with Crippen molar-refractivity contribution in [3.8, 4) is 11.5 Å². The Morgan fingerprint density at radius 1 is 1.33 bits per heavy atom. The normalized spacial score (nSPS) is 13.7. The zero-order valence-electron chi connectivity index (χ0n) is 8.45. The van der Waals surface area contributed by atoms with E-state index in [1.54, 1.807) is 6.07 Å². The lowest BCUT2D eigenvalue weighted by molar-refractivity contribution is -0.136. The van der Waals surface area contributed by atoms with Gasteiger partial charge in [0, 0.05) is 0 Å². The number of hydrogen-bond acceptors (Lipinski definition) is 3. The molecule has 1 aliphatic rings. The van der Waals surface area contributed by atoms with Gasteiger partial charge in [0.2, 0.25) is 0 Å². The first-order chi connectivity index (χ1) is 7.16. The Labute approximate surface area is 87.4 Å². The van der Waals surface area contributed by atoms with E-state index in [1.807, 2.05) is 13.0 Å². The third-order valence-electron chi connectivity index (χ3n) is 2.34. The highest BCUT2D eigenvalue weighted by molar-refractivity contribution is 5.71. The molecule has 0 atom stereocenters. The summed E-state index contributed by atoms with van der Waals surface area (Å²) < 4.78 is 10.8. The lowest BCUT2D eigenvalue weighted by Gasteiger charge is -2.19. The predicted octanol–water partition coefficient (Wildman–Crippen LogP) is 1.39. The number of carbonyl (C=O) groups is 1. The van der Waals surface area contributed by atoms with Gasteiger partial charge < -0.3 is 14.6 Å². The van der Waals surface area contributed by atoms with Crippen molar-refractivity contribution in [3.05, 3.63) is 23.3 Å². The van der Waals surface area contributed by atoms with E-state index in [1.165, 1.54) is 0 Å². The average Bonchev–Trinajstić information content (AvgIpc) is 2.18. The number of hydrogen-bond donors (Lipinski definition) is 1. The van der Waals surface area contributed by atoms with Gasteiger partial charge in [0.05, 0.1) is 6.42 Å². The van der Waals surface area contributed by atoms with Crippen molar-refractivity contribution in [1.82, 2.24) is 0 Å². The number of rotatable bonds is 2. The molecular formula is C11H12O4. The first-order valence-corrected chi connectivity index (χ1v) is 4.78. The van der Waals surface area contributed by atoms with Crippen LogP contribution in [0.15, 0.2) is 12.1 Å². The van der Waals surface area contributed by atoms with Gasteiger partial charge >= 0.3 is 5.97 Å². The Morgan fingerprint density at radius 2 is 1.93 bits per heavy atom. The van der Waals surface area contributed by atoms with Gasteiger partial charge in [-0.1, -0.05) is 0 Å². The molecule has 1 aliphatic heterocycles. The molecule has 1 aromatic rings. The van der Waals surface area contributed by atoms with Crippen LogP contribution in [0.2, 0.25) is 0 Å². The molecule has 0 radical (unpaired) electrons. The number of aryl methyl sites for hydroxylation is 1. The molecule has 80 valence electrons. The van der Waals surface area contributed by atoms with Crippen LogP contribution in [0.3, 0.4) is 0 Å². The lowest BCUT2D eigenvalue weighted by atomic mass is 10.0. The van der Waals surface area contributed by atoms with Gasteiger partial charge in [-0.25, -0.2) is 0 Å². The molecule has 15 heavy (non-hydrogen) atoms. The van der Waals surface area contributed by atoms with Gasteiger partial charge in [-0.15, -0.1) is 0 Å². The van der Waals surface area contributed by atoms with Crippen LogP contribution >= 0.6 is 0 Å². The highest BCUT2D eigenvalue weighted by atomic mass is 16.6. The van der Waals surface area contributed by atoms with Crippen LogP contribution in [0, 0.1) is 6.92 Å². The minimum Gasteiger partial charge on any atom is -0.486 e. The Hall–Kier alpha value is -1.71. The van der Waals surface area contributed by atoms with E-state index in [4.69, 9.17) is 14.6 Å². The highest BCUT2D eigenvalue weighted by Gasteiger charge is 2.15. The van der Waals surface area contributed by atoms with Crippen LogP contribution in [0.1, 0.15) is 11.1 Å². The summed E-state index contributed by atoms with van der Waals surface area (Å²) in [4.78, 5) is 10.6. The monoisotopic (exact) mass is 208 g/mol. The minimum absolute atomic E-state index is 0.0163. The smallest absolute Gasteiger partial charge is 0.307 e. The van der Waals surface area contributed by atoms with E-state index in [-0.39, 0.29) is 6.42 Å². The molecule has 0 aromatic heterocycles. The van der Waals surface area contributed by atoms with Crippen molar-refractivity contribution in [2.24, 2.45) is 0 Å². The van der Waals surface area contributed by atoms with E-state index in [9.17, 15) is 4.79 Å². The number of fused-ring (bicyclic) bond motifs is 1. The first-order valence-electron chi connectivity index (χ1n) is 4.78. The van der Waals surface area contributed by atoms with Gasteiger partial charge in [-0.05, 0) is 30.2 Å². The van der Waals surface area contributed by atoms with Crippen molar-refractivity contribution in [1.29, 1.82) is 0 Å². The predicted molar refractivity (Wildman–Crippen MR) is 53.5 cm³/mol. The van der Waals surface area contributed by atoms with Crippen LogP contribution in [-0.2, 0) is 11.2 Å². The molecule has 1 N–H and O–H groups in total. The maximum Gasteiger partial charge on any atom is 0.307 e. The second-order valence-corrected chi connectivity index (χ2v) is 3.49. The van der Waals surface area contributed by atoms with Gasteiger partial charge in [0.15, 0.2) is 11.5 Å². The summed E-state index contributed by atoms with van der Waals surface area (Å²) in [5.74, 6) is 0.505. The van der Waals surface area contributed by atoms with E-state index in [2.05, 4.69) is 0 Å². The van der Waals surface area contributed by atoms with Crippen molar-refractivity contribution in [2.45, 2.75) is 13.3 Å². The van der Waals surface area contributed by atoms with Gasteiger partial charge in [-0.2, -0.15) is 0 Å². The van der Waals surface area contributed by atoms with E-state index < -0.39 is 5.97 Å². The zero-order valence-corrected chi connectivity index (χ0v) is 8.45. The molecule has 0 aliphatic carbocycles. The Balaban J connectivity index is 2.36. The maximum atomic E-state index is 10.6. The third-order valence-corrected chi connectivity index (χ3v) is 2.34. The minimum atomic E-state index is -0.838. The summed E-state index contributed by atoms with van der Waals surface area (Å²) in [6, 6.07) is 3.57. The van der Waals surface area contributed by atoms with Crippen LogP contribution < -0.4 is 9.47 Å². The second kappa shape index (κ2) is 3.81. The SMILES string of the molecule is Cc1cc2c(cc1CC(=O)O)OCCO2. The molecule has 4 nitrogen and oxygen atoms in total. The second-order valence-electron chi connectivity index (χ2n) is 3.49. The summed E-state index contributed by atoms with van der Waals surface area (Å²) in [6.07, 6.45) is 0.0163. The quantitative estimate of drug-likeness (QED) is 0.798. The first kappa shape index (κ1) is 9.83. The fourth-order valence-corrected chi connectivity index (χ4v) is 1.59. The number of aliphatic carboxylic acids is 1. The number of ether oxygens (including phenoxy) is 2. The van der Waals surface area contributed by atoms with E-state index >= 15 is 0 Å². The molecule has 0 spiro atoms. The molecule has 0 fully saturated rings. The van der Waals surface area contributed by atoms with Gasteiger partial charge in [0.1, 0.15) is 13.2 Å². The summed E-state index contributed by atoms with van der Waals surface area (Å²) in [5, 5.41) is 8.72. The van der Waals surface area contributed by atoms with Crippen LogP contribution in [0.5, 0.6) is 11.5 Å². The molecular weight excluding hydrogens is 196 g/mol. The molecule has 1 aromatic carbocycles. The fraction of sp³-hybridized carbons (Fsp3) is 0.364. The van der Waals surface area contributed by atoms with Gasteiger partial charge in [0.25, 0.3) is 0 Å². The molecule has 2 rings (SSSR count). The summed E-state index contributed by atoms with van der Waals surface area (Å²) in [5.41, 5.74) is 1.69. The Bertz CT molecular complexity index is 398. The summed E-state index contributed by atoms with van der Waals surface area (Å²) in [6.45, 7) is 2.93. The van der Waals surface area contributed by atoms with Crippen molar-refractivity contribution in [2.75, 3.05) is 13.2 Å².